The zero-order valence-corrected chi connectivity index (χ0v) is 14.0. The molecule has 0 aliphatic heterocycles. The first-order valence-corrected chi connectivity index (χ1v) is 8.34. The average molecular weight is 343 g/mol. The molecular weight excluding hydrogens is 326 g/mol. The molecule has 0 saturated heterocycles. The molecule has 0 aromatic heterocycles. The van der Waals surface area contributed by atoms with Gasteiger partial charge in [-0.15, -0.1) is 11.8 Å². The van der Waals surface area contributed by atoms with Gasteiger partial charge in [0.25, 0.3) is 0 Å². The van der Waals surface area contributed by atoms with E-state index < -0.39 is 0 Å². The van der Waals surface area contributed by atoms with Gasteiger partial charge in [-0.05, 0) is 36.4 Å². The highest BCUT2D eigenvalue weighted by molar-refractivity contribution is 8.00. The van der Waals surface area contributed by atoms with Gasteiger partial charge in [0, 0.05) is 5.69 Å². The lowest BCUT2D eigenvalue weighted by Crippen LogP contribution is -2.15. The number of methoxy groups -OCH3 is 1. The number of ether oxygens (including phenoxy) is 1. The Hall–Kier alpha value is -2.67. The first-order valence-electron chi connectivity index (χ1n) is 7.18. The molecule has 0 atom stereocenters. The minimum absolute atomic E-state index is 0.155. The zero-order chi connectivity index (χ0) is 17.2. The van der Waals surface area contributed by atoms with Crippen molar-refractivity contribution in [1.29, 1.82) is 0 Å². The molecule has 0 bridgehead atoms. The molecule has 1 N–H and O–H groups in total. The summed E-state index contributed by atoms with van der Waals surface area (Å²) in [5, 5.41) is 11.0. The molecule has 0 aliphatic carbocycles. The van der Waals surface area contributed by atoms with Crippen molar-refractivity contribution < 1.29 is 14.3 Å². The third-order valence-corrected chi connectivity index (χ3v) is 3.78. The Morgan fingerprint density at radius 3 is 2.21 bits per heavy atom. The summed E-state index contributed by atoms with van der Waals surface area (Å²) in [7, 11) is 1.32. The van der Waals surface area contributed by atoms with E-state index in [0.717, 1.165) is 5.69 Å². The van der Waals surface area contributed by atoms with Crippen LogP contribution in [-0.4, -0.2) is 30.5 Å². The van der Waals surface area contributed by atoms with E-state index >= 15 is 0 Å². The van der Waals surface area contributed by atoms with Crippen LogP contribution < -0.4 is 5.32 Å². The summed E-state index contributed by atoms with van der Waals surface area (Å²) in [5.74, 6) is -0.184. The van der Waals surface area contributed by atoms with Crippen molar-refractivity contribution in [2.75, 3.05) is 23.9 Å². The maximum absolute atomic E-state index is 11.8. The molecule has 0 fully saturated rings. The SMILES string of the molecule is COC(=O)CSCC(=O)Nc1ccc(N=Nc2ccccc2)cc1. The van der Waals surface area contributed by atoms with Crippen molar-refractivity contribution in [3.8, 4) is 0 Å². The first-order chi connectivity index (χ1) is 11.7. The number of rotatable bonds is 7. The van der Waals surface area contributed by atoms with E-state index in [-0.39, 0.29) is 23.4 Å². The lowest BCUT2D eigenvalue weighted by Gasteiger charge is -2.05. The van der Waals surface area contributed by atoms with Gasteiger partial charge in [0.1, 0.15) is 0 Å². The number of esters is 1. The van der Waals surface area contributed by atoms with Crippen LogP contribution in [-0.2, 0) is 14.3 Å². The predicted octanol–water partition coefficient (Wildman–Crippen LogP) is 3.95. The monoisotopic (exact) mass is 343 g/mol. The van der Waals surface area contributed by atoms with E-state index in [1.54, 1.807) is 24.3 Å². The molecule has 0 heterocycles. The van der Waals surface area contributed by atoms with Gasteiger partial charge in [0.05, 0.1) is 30.0 Å². The Bertz CT molecular complexity index is 703. The van der Waals surface area contributed by atoms with Crippen molar-refractivity contribution in [1.82, 2.24) is 0 Å². The van der Waals surface area contributed by atoms with Crippen molar-refractivity contribution in [3.63, 3.8) is 0 Å². The van der Waals surface area contributed by atoms with Crippen LogP contribution in [0.3, 0.4) is 0 Å². The Balaban J connectivity index is 1.82. The van der Waals surface area contributed by atoms with Gasteiger partial charge in [-0.2, -0.15) is 10.2 Å². The average Bonchev–Trinajstić information content (AvgIpc) is 2.62. The molecule has 124 valence electrons. The number of carbonyl (C=O) groups excluding carboxylic acids is 2. The molecule has 2 rings (SSSR count). The normalized spacial score (nSPS) is 10.5. The van der Waals surface area contributed by atoms with Crippen LogP contribution >= 0.6 is 11.8 Å². The number of hydrogen-bond donors (Lipinski definition) is 1. The Labute approximate surface area is 144 Å². The van der Waals surface area contributed by atoms with E-state index in [0.29, 0.717) is 11.4 Å². The highest BCUT2D eigenvalue weighted by atomic mass is 32.2. The second kappa shape index (κ2) is 9.46. The van der Waals surface area contributed by atoms with Crippen LogP contribution in [0.4, 0.5) is 17.1 Å². The number of nitrogens with one attached hydrogen (secondary N) is 1. The molecule has 2 aromatic carbocycles. The minimum Gasteiger partial charge on any atom is -0.468 e. The van der Waals surface area contributed by atoms with Crippen LogP contribution in [0.25, 0.3) is 0 Å². The molecule has 1 amide bonds. The van der Waals surface area contributed by atoms with Crippen LogP contribution in [0.1, 0.15) is 0 Å². The fourth-order valence-electron chi connectivity index (χ4n) is 1.70. The molecule has 0 radical (unpaired) electrons. The third kappa shape index (κ3) is 6.21. The number of anilines is 1. The molecule has 6 nitrogen and oxygen atoms in total. The van der Waals surface area contributed by atoms with Crippen molar-refractivity contribution >= 4 is 40.7 Å². The summed E-state index contributed by atoms with van der Waals surface area (Å²) < 4.78 is 4.51. The number of benzene rings is 2. The quantitative estimate of drug-likeness (QED) is 0.610. The number of azo groups is 1. The fraction of sp³-hybridized carbons (Fsp3) is 0.176. The molecule has 0 unspecified atom stereocenters. The van der Waals surface area contributed by atoms with Gasteiger partial charge >= 0.3 is 5.97 Å². The van der Waals surface area contributed by atoms with Gasteiger partial charge in [-0.3, -0.25) is 9.59 Å². The van der Waals surface area contributed by atoms with Gasteiger partial charge in [-0.1, -0.05) is 18.2 Å². The minimum atomic E-state index is -0.346. The van der Waals surface area contributed by atoms with E-state index in [2.05, 4.69) is 20.3 Å². The first kappa shape index (κ1) is 17.7. The van der Waals surface area contributed by atoms with E-state index in [4.69, 9.17) is 0 Å². The van der Waals surface area contributed by atoms with Gasteiger partial charge in [-0.25, -0.2) is 0 Å². The molecule has 7 heteroatoms. The van der Waals surface area contributed by atoms with Crippen molar-refractivity contribution in [2.45, 2.75) is 0 Å². The standard InChI is InChI=1S/C17H17N3O3S/c1-23-17(22)12-24-11-16(21)18-13-7-9-15(10-8-13)20-19-14-5-3-2-4-6-14/h2-10H,11-12H2,1H3,(H,18,21). The second-order valence-corrected chi connectivity index (χ2v) is 5.69. The van der Waals surface area contributed by atoms with Crippen LogP contribution in [0.5, 0.6) is 0 Å². The lowest BCUT2D eigenvalue weighted by atomic mass is 10.3. The summed E-state index contributed by atoms with van der Waals surface area (Å²) in [5.41, 5.74) is 2.13. The molecule has 0 spiro atoms. The molecule has 0 aliphatic rings. The van der Waals surface area contributed by atoms with Crippen LogP contribution in [0.15, 0.2) is 64.8 Å². The fourth-order valence-corrected chi connectivity index (χ4v) is 2.35. The number of thioether (sulfide) groups is 1. The Kier molecular flexibility index (Phi) is 6.97. The van der Waals surface area contributed by atoms with Gasteiger partial charge < -0.3 is 10.1 Å². The summed E-state index contributed by atoms with van der Waals surface area (Å²) in [6.45, 7) is 0. The topological polar surface area (TPSA) is 80.1 Å². The van der Waals surface area contributed by atoms with Crippen molar-refractivity contribution in [2.24, 2.45) is 10.2 Å². The Morgan fingerprint density at radius 2 is 1.58 bits per heavy atom. The number of amides is 1. The predicted molar refractivity (Wildman–Crippen MR) is 95.0 cm³/mol. The number of nitrogens with zero attached hydrogens (tertiary/aromatic N) is 2. The lowest BCUT2D eigenvalue weighted by molar-refractivity contribution is -0.137. The maximum Gasteiger partial charge on any atom is 0.315 e. The number of hydrogen-bond acceptors (Lipinski definition) is 6. The van der Waals surface area contributed by atoms with Crippen LogP contribution in [0, 0.1) is 0 Å². The molecule has 0 saturated carbocycles. The molecule has 24 heavy (non-hydrogen) atoms. The molecule has 2 aromatic rings. The van der Waals surface area contributed by atoms with E-state index in [1.807, 2.05) is 30.3 Å². The third-order valence-electron chi connectivity index (χ3n) is 2.87. The maximum atomic E-state index is 11.8. The second-order valence-electron chi connectivity index (χ2n) is 4.70. The van der Waals surface area contributed by atoms with E-state index in [1.165, 1.54) is 18.9 Å². The summed E-state index contributed by atoms with van der Waals surface area (Å²) >= 11 is 1.20. The van der Waals surface area contributed by atoms with Gasteiger partial charge in [0.15, 0.2) is 0 Å². The van der Waals surface area contributed by atoms with Gasteiger partial charge in [0.2, 0.25) is 5.91 Å². The summed E-state index contributed by atoms with van der Waals surface area (Å²) in [6, 6.07) is 16.5. The molecular formula is C17H17N3O3S. The van der Waals surface area contributed by atoms with E-state index in [9.17, 15) is 9.59 Å². The summed E-state index contributed by atoms with van der Waals surface area (Å²) in [6.07, 6.45) is 0. The van der Waals surface area contributed by atoms with Crippen LogP contribution in [0.2, 0.25) is 0 Å². The highest BCUT2D eigenvalue weighted by Gasteiger charge is 2.05. The van der Waals surface area contributed by atoms with Crippen molar-refractivity contribution in [3.05, 3.63) is 54.6 Å². The highest BCUT2D eigenvalue weighted by Crippen LogP contribution is 2.20. The summed E-state index contributed by atoms with van der Waals surface area (Å²) in [4.78, 5) is 22.7. The number of carbonyl (C=O) groups is 2. The zero-order valence-electron chi connectivity index (χ0n) is 13.1. The Morgan fingerprint density at radius 1 is 0.958 bits per heavy atom. The smallest absolute Gasteiger partial charge is 0.315 e. The largest absolute Gasteiger partial charge is 0.468 e.